The van der Waals surface area contributed by atoms with Crippen LogP contribution in [0.5, 0.6) is 5.75 Å². The van der Waals surface area contributed by atoms with Crippen LogP contribution in [0.4, 0.5) is 5.69 Å². The highest BCUT2D eigenvalue weighted by Crippen LogP contribution is 2.28. The number of methoxy groups -OCH3 is 1. The van der Waals surface area contributed by atoms with Crippen molar-refractivity contribution in [2.75, 3.05) is 25.1 Å². The third-order valence-corrected chi connectivity index (χ3v) is 5.03. The molecule has 2 aromatic carbocycles. The monoisotopic (exact) mass is 366 g/mol. The molecule has 2 amide bonds. The summed E-state index contributed by atoms with van der Waals surface area (Å²) >= 11 is 0. The zero-order valence-electron chi connectivity index (χ0n) is 16.1. The van der Waals surface area contributed by atoms with Gasteiger partial charge in [0.25, 0.3) is 0 Å². The number of carbonyl (C=O) groups is 2. The van der Waals surface area contributed by atoms with Crippen molar-refractivity contribution < 1.29 is 14.3 Å². The van der Waals surface area contributed by atoms with Crippen LogP contribution in [0.2, 0.25) is 0 Å². The topological polar surface area (TPSA) is 58.6 Å². The van der Waals surface area contributed by atoms with E-state index in [1.54, 1.807) is 12.0 Å². The highest BCUT2D eigenvalue weighted by Gasteiger charge is 2.35. The number of benzene rings is 2. The highest BCUT2D eigenvalue weighted by molar-refractivity contribution is 6.00. The van der Waals surface area contributed by atoms with Gasteiger partial charge in [-0.3, -0.25) is 9.59 Å². The van der Waals surface area contributed by atoms with Gasteiger partial charge in [0.05, 0.1) is 13.0 Å². The number of anilines is 1. The fourth-order valence-electron chi connectivity index (χ4n) is 3.60. The fraction of sp³-hybridized carbons (Fsp3) is 0.364. The summed E-state index contributed by atoms with van der Waals surface area (Å²) in [5, 5.41) is 2.97. The summed E-state index contributed by atoms with van der Waals surface area (Å²) < 4.78 is 5.34. The average Bonchev–Trinajstić information content (AvgIpc) is 3.03. The number of hydrogen-bond donors (Lipinski definition) is 1. The van der Waals surface area contributed by atoms with Gasteiger partial charge in [0.15, 0.2) is 0 Å². The Hall–Kier alpha value is -2.82. The molecule has 1 fully saturated rings. The Labute approximate surface area is 160 Å². The third kappa shape index (κ3) is 4.30. The third-order valence-electron chi connectivity index (χ3n) is 5.03. The summed E-state index contributed by atoms with van der Waals surface area (Å²) in [7, 11) is 1.64. The van der Waals surface area contributed by atoms with Crippen LogP contribution in [0.1, 0.15) is 23.1 Å². The SMILES string of the molecule is COc1ccccc1CCNC(=O)C1CC(=O)N(c2ccc(C)cc2C)C1. The predicted octanol–water partition coefficient (Wildman–Crippen LogP) is 3.02. The molecule has 1 heterocycles. The Balaban J connectivity index is 1.57. The summed E-state index contributed by atoms with van der Waals surface area (Å²) in [6.07, 6.45) is 0.949. The molecule has 1 atom stereocenters. The number of carbonyl (C=O) groups excluding carboxylic acids is 2. The van der Waals surface area contributed by atoms with Crippen molar-refractivity contribution in [2.24, 2.45) is 5.92 Å². The van der Waals surface area contributed by atoms with E-state index in [1.807, 2.05) is 50.2 Å². The van der Waals surface area contributed by atoms with E-state index in [0.29, 0.717) is 19.5 Å². The quantitative estimate of drug-likeness (QED) is 0.855. The minimum Gasteiger partial charge on any atom is -0.496 e. The van der Waals surface area contributed by atoms with Gasteiger partial charge in [-0.05, 0) is 43.5 Å². The van der Waals surface area contributed by atoms with Crippen LogP contribution >= 0.6 is 0 Å². The molecule has 1 N–H and O–H groups in total. The lowest BCUT2D eigenvalue weighted by Crippen LogP contribution is -2.34. The van der Waals surface area contributed by atoms with Crippen LogP contribution in [0.25, 0.3) is 0 Å². The molecule has 0 radical (unpaired) electrons. The minimum absolute atomic E-state index is 0.00633. The van der Waals surface area contributed by atoms with E-state index in [1.165, 1.54) is 0 Å². The van der Waals surface area contributed by atoms with E-state index in [2.05, 4.69) is 11.4 Å². The number of ether oxygens (including phenoxy) is 1. The normalized spacial score (nSPS) is 16.5. The molecule has 3 rings (SSSR count). The van der Waals surface area contributed by atoms with E-state index in [4.69, 9.17) is 4.74 Å². The van der Waals surface area contributed by atoms with Gasteiger partial charge >= 0.3 is 0 Å². The van der Waals surface area contributed by atoms with E-state index < -0.39 is 0 Å². The zero-order valence-corrected chi connectivity index (χ0v) is 16.1. The Kier molecular flexibility index (Phi) is 5.79. The standard InChI is InChI=1S/C22H26N2O3/c1-15-8-9-19(16(2)12-15)24-14-18(13-21(24)25)22(26)23-11-10-17-6-4-5-7-20(17)27-3/h4-9,12,18H,10-11,13-14H2,1-3H3,(H,23,26). The number of para-hydroxylation sites is 1. The number of amides is 2. The summed E-state index contributed by atoms with van der Waals surface area (Å²) in [4.78, 5) is 26.7. The van der Waals surface area contributed by atoms with Crippen LogP contribution < -0.4 is 15.0 Å². The number of rotatable bonds is 6. The molecule has 1 saturated heterocycles. The molecule has 0 aliphatic carbocycles. The first-order valence-electron chi connectivity index (χ1n) is 9.27. The fourth-order valence-corrected chi connectivity index (χ4v) is 3.60. The average molecular weight is 366 g/mol. The van der Waals surface area contributed by atoms with Crippen molar-refractivity contribution in [1.82, 2.24) is 5.32 Å². The van der Waals surface area contributed by atoms with Crippen molar-refractivity contribution >= 4 is 17.5 Å². The van der Waals surface area contributed by atoms with Crippen molar-refractivity contribution in [2.45, 2.75) is 26.7 Å². The van der Waals surface area contributed by atoms with E-state index >= 15 is 0 Å². The van der Waals surface area contributed by atoms with Crippen LogP contribution in [0.3, 0.4) is 0 Å². The Morgan fingerprint density at radius 1 is 1.22 bits per heavy atom. The van der Waals surface area contributed by atoms with Gasteiger partial charge in [0.2, 0.25) is 11.8 Å². The Morgan fingerprint density at radius 2 is 2.00 bits per heavy atom. The minimum atomic E-state index is -0.309. The maximum Gasteiger partial charge on any atom is 0.227 e. The van der Waals surface area contributed by atoms with Crippen molar-refractivity contribution in [3.8, 4) is 5.75 Å². The summed E-state index contributed by atoms with van der Waals surface area (Å²) in [5.74, 6) is 0.456. The molecular weight excluding hydrogens is 340 g/mol. The van der Waals surface area contributed by atoms with Gasteiger partial charge < -0.3 is 15.0 Å². The molecule has 0 aromatic heterocycles. The van der Waals surface area contributed by atoms with Gasteiger partial charge in [-0.1, -0.05) is 35.9 Å². The number of hydrogen-bond acceptors (Lipinski definition) is 3. The van der Waals surface area contributed by atoms with Gasteiger partial charge in [-0.25, -0.2) is 0 Å². The molecule has 5 nitrogen and oxygen atoms in total. The lowest BCUT2D eigenvalue weighted by Gasteiger charge is -2.19. The zero-order chi connectivity index (χ0) is 19.4. The maximum absolute atomic E-state index is 12.5. The van der Waals surface area contributed by atoms with E-state index in [9.17, 15) is 9.59 Å². The second kappa shape index (κ2) is 8.25. The lowest BCUT2D eigenvalue weighted by atomic mass is 10.1. The maximum atomic E-state index is 12.5. The summed E-state index contributed by atoms with van der Waals surface area (Å²) in [6, 6.07) is 13.8. The van der Waals surface area contributed by atoms with Crippen molar-refractivity contribution in [1.29, 1.82) is 0 Å². The van der Waals surface area contributed by atoms with Crippen LogP contribution in [0.15, 0.2) is 42.5 Å². The number of nitrogens with zero attached hydrogens (tertiary/aromatic N) is 1. The second-order valence-corrected chi connectivity index (χ2v) is 7.05. The van der Waals surface area contributed by atoms with Crippen molar-refractivity contribution in [3.05, 3.63) is 59.2 Å². The number of nitrogens with one attached hydrogen (secondary N) is 1. The van der Waals surface area contributed by atoms with E-state index in [0.717, 1.165) is 28.1 Å². The molecule has 1 aliphatic heterocycles. The van der Waals surface area contributed by atoms with Crippen LogP contribution in [-0.4, -0.2) is 32.0 Å². The van der Waals surface area contributed by atoms with E-state index in [-0.39, 0.29) is 24.2 Å². The molecule has 1 unspecified atom stereocenters. The Morgan fingerprint density at radius 3 is 2.74 bits per heavy atom. The number of aryl methyl sites for hydroxylation is 2. The summed E-state index contributed by atoms with van der Waals surface area (Å²) in [6.45, 7) is 4.98. The molecule has 0 spiro atoms. The molecule has 142 valence electrons. The predicted molar refractivity (Wildman–Crippen MR) is 106 cm³/mol. The van der Waals surface area contributed by atoms with Crippen molar-refractivity contribution in [3.63, 3.8) is 0 Å². The lowest BCUT2D eigenvalue weighted by molar-refractivity contribution is -0.126. The molecule has 0 saturated carbocycles. The largest absolute Gasteiger partial charge is 0.496 e. The first-order valence-corrected chi connectivity index (χ1v) is 9.27. The molecule has 0 bridgehead atoms. The van der Waals surface area contributed by atoms with Crippen LogP contribution in [-0.2, 0) is 16.0 Å². The van der Waals surface area contributed by atoms with Gasteiger partial charge in [-0.15, -0.1) is 0 Å². The first kappa shape index (κ1) is 19.0. The molecule has 27 heavy (non-hydrogen) atoms. The van der Waals surface area contributed by atoms with Gasteiger partial charge in [-0.2, -0.15) is 0 Å². The molecular formula is C22H26N2O3. The van der Waals surface area contributed by atoms with Gasteiger partial charge in [0.1, 0.15) is 5.75 Å². The summed E-state index contributed by atoms with van der Waals surface area (Å²) in [5.41, 5.74) is 4.17. The molecule has 5 heteroatoms. The first-order chi connectivity index (χ1) is 13.0. The Bertz CT molecular complexity index is 847. The molecule has 2 aromatic rings. The molecule has 1 aliphatic rings. The highest BCUT2D eigenvalue weighted by atomic mass is 16.5. The second-order valence-electron chi connectivity index (χ2n) is 7.05. The smallest absolute Gasteiger partial charge is 0.227 e. The van der Waals surface area contributed by atoms with Gasteiger partial charge in [0, 0.05) is 25.2 Å². The van der Waals surface area contributed by atoms with Crippen LogP contribution in [0, 0.1) is 19.8 Å².